The average molecular weight is 352 g/mol. The molecule has 2 aromatic rings. The molecule has 5 nitrogen and oxygen atoms in total. The lowest BCUT2D eigenvalue weighted by atomic mass is 10.1. The molecule has 5 heteroatoms. The maximum absolute atomic E-state index is 12.4. The standard InChI is InChI=1S/C21H28N4O/c1-16-6-7-20(17(2)13-16)23-21(26)15-25-11-9-24(10-12-25)14-19-5-4-8-22-18(19)3/h4-8,13H,9-12,14-15H2,1-3H3,(H,23,26). The number of hydrogen-bond donors (Lipinski definition) is 1. The lowest BCUT2D eigenvalue weighted by molar-refractivity contribution is -0.117. The maximum atomic E-state index is 12.4. The minimum Gasteiger partial charge on any atom is -0.325 e. The Morgan fingerprint density at radius 1 is 1.08 bits per heavy atom. The second kappa shape index (κ2) is 8.43. The number of carbonyl (C=O) groups excluding carboxylic acids is 1. The van der Waals surface area contributed by atoms with Gasteiger partial charge in [-0.15, -0.1) is 0 Å². The molecule has 0 aliphatic carbocycles. The molecule has 1 aromatic carbocycles. The van der Waals surface area contributed by atoms with Crippen LogP contribution in [-0.4, -0.2) is 53.4 Å². The van der Waals surface area contributed by atoms with Gasteiger partial charge in [-0.05, 0) is 44.0 Å². The summed E-state index contributed by atoms with van der Waals surface area (Å²) in [5.41, 5.74) is 5.61. The van der Waals surface area contributed by atoms with Crippen molar-refractivity contribution in [2.24, 2.45) is 0 Å². The van der Waals surface area contributed by atoms with Crippen molar-refractivity contribution in [2.45, 2.75) is 27.3 Å². The number of aryl methyl sites for hydroxylation is 3. The van der Waals surface area contributed by atoms with Crippen LogP contribution in [0.15, 0.2) is 36.5 Å². The summed E-state index contributed by atoms with van der Waals surface area (Å²) < 4.78 is 0. The van der Waals surface area contributed by atoms with Crippen LogP contribution in [0.1, 0.15) is 22.4 Å². The zero-order valence-corrected chi connectivity index (χ0v) is 16.0. The highest BCUT2D eigenvalue weighted by molar-refractivity contribution is 5.93. The molecule has 1 N–H and O–H groups in total. The summed E-state index contributed by atoms with van der Waals surface area (Å²) in [4.78, 5) is 21.4. The third-order valence-corrected chi connectivity index (χ3v) is 5.00. The van der Waals surface area contributed by atoms with Gasteiger partial charge in [0, 0.05) is 50.3 Å². The molecule has 1 fully saturated rings. The highest BCUT2D eigenvalue weighted by atomic mass is 16.2. The van der Waals surface area contributed by atoms with Crippen molar-refractivity contribution in [3.63, 3.8) is 0 Å². The predicted octanol–water partition coefficient (Wildman–Crippen LogP) is 2.76. The third kappa shape index (κ3) is 4.90. The van der Waals surface area contributed by atoms with Crippen LogP contribution >= 0.6 is 0 Å². The Morgan fingerprint density at radius 3 is 2.50 bits per heavy atom. The van der Waals surface area contributed by atoms with Gasteiger partial charge in [0.05, 0.1) is 6.54 Å². The number of anilines is 1. The van der Waals surface area contributed by atoms with Gasteiger partial charge in [0.25, 0.3) is 0 Å². The molecule has 1 aliphatic rings. The molecular weight excluding hydrogens is 324 g/mol. The highest BCUT2D eigenvalue weighted by Crippen LogP contribution is 2.16. The zero-order valence-electron chi connectivity index (χ0n) is 16.0. The Hall–Kier alpha value is -2.24. The van der Waals surface area contributed by atoms with Crippen molar-refractivity contribution in [1.29, 1.82) is 0 Å². The first-order valence-corrected chi connectivity index (χ1v) is 9.23. The fourth-order valence-electron chi connectivity index (χ4n) is 3.38. The normalized spacial score (nSPS) is 15.8. The zero-order chi connectivity index (χ0) is 18.5. The van der Waals surface area contributed by atoms with E-state index in [2.05, 4.69) is 46.1 Å². The number of rotatable bonds is 5. The van der Waals surface area contributed by atoms with E-state index < -0.39 is 0 Å². The average Bonchev–Trinajstić information content (AvgIpc) is 2.61. The van der Waals surface area contributed by atoms with Crippen molar-refractivity contribution < 1.29 is 4.79 Å². The number of nitrogens with one attached hydrogen (secondary N) is 1. The van der Waals surface area contributed by atoms with E-state index in [1.807, 2.05) is 31.3 Å². The van der Waals surface area contributed by atoms with Crippen LogP contribution in [0, 0.1) is 20.8 Å². The van der Waals surface area contributed by atoms with Gasteiger partial charge in [-0.1, -0.05) is 23.8 Å². The number of amides is 1. The molecule has 0 spiro atoms. The van der Waals surface area contributed by atoms with E-state index in [1.54, 1.807) is 0 Å². The first kappa shape index (κ1) is 18.5. The summed E-state index contributed by atoms with van der Waals surface area (Å²) in [5.74, 6) is 0.0634. The minimum atomic E-state index is 0.0634. The summed E-state index contributed by atoms with van der Waals surface area (Å²) in [5, 5.41) is 3.04. The van der Waals surface area contributed by atoms with Crippen LogP contribution in [0.5, 0.6) is 0 Å². The quantitative estimate of drug-likeness (QED) is 0.899. The number of piperazine rings is 1. The number of pyridine rings is 1. The Balaban J connectivity index is 1.46. The van der Waals surface area contributed by atoms with Crippen molar-refractivity contribution >= 4 is 11.6 Å². The van der Waals surface area contributed by atoms with Crippen LogP contribution in [-0.2, 0) is 11.3 Å². The van der Waals surface area contributed by atoms with Crippen LogP contribution in [0.3, 0.4) is 0 Å². The van der Waals surface area contributed by atoms with E-state index in [1.165, 1.54) is 11.1 Å². The number of benzene rings is 1. The SMILES string of the molecule is Cc1ccc(NC(=O)CN2CCN(Cc3cccnc3C)CC2)c(C)c1. The van der Waals surface area contributed by atoms with Crippen molar-refractivity contribution in [3.8, 4) is 0 Å². The molecule has 26 heavy (non-hydrogen) atoms. The van der Waals surface area contributed by atoms with Gasteiger partial charge < -0.3 is 5.32 Å². The highest BCUT2D eigenvalue weighted by Gasteiger charge is 2.19. The molecule has 2 heterocycles. The molecule has 1 amide bonds. The number of hydrogen-bond acceptors (Lipinski definition) is 4. The van der Waals surface area contributed by atoms with E-state index in [-0.39, 0.29) is 5.91 Å². The van der Waals surface area contributed by atoms with Crippen molar-refractivity contribution in [1.82, 2.24) is 14.8 Å². The third-order valence-electron chi connectivity index (χ3n) is 5.00. The predicted molar refractivity (Wildman–Crippen MR) is 105 cm³/mol. The van der Waals surface area contributed by atoms with Crippen LogP contribution in [0.25, 0.3) is 0 Å². The smallest absolute Gasteiger partial charge is 0.238 e. The summed E-state index contributed by atoms with van der Waals surface area (Å²) in [6.07, 6.45) is 1.84. The molecule has 0 saturated carbocycles. The van der Waals surface area contributed by atoms with E-state index in [0.717, 1.165) is 49.7 Å². The summed E-state index contributed by atoms with van der Waals surface area (Å²) >= 11 is 0. The fourth-order valence-corrected chi connectivity index (χ4v) is 3.38. The topological polar surface area (TPSA) is 48.5 Å². The Kier molecular flexibility index (Phi) is 6.01. The largest absolute Gasteiger partial charge is 0.325 e. The second-order valence-electron chi connectivity index (χ2n) is 7.17. The van der Waals surface area contributed by atoms with Crippen LogP contribution < -0.4 is 5.32 Å². The molecule has 1 aromatic heterocycles. The van der Waals surface area contributed by atoms with Gasteiger partial charge in [0.15, 0.2) is 0 Å². The molecule has 138 valence electrons. The van der Waals surface area contributed by atoms with E-state index in [4.69, 9.17) is 0 Å². The second-order valence-corrected chi connectivity index (χ2v) is 7.17. The van der Waals surface area contributed by atoms with Crippen molar-refractivity contribution in [3.05, 3.63) is 58.9 Å². The molecule has 0 unspecified atom stereocenters. The van der Waals surface area contributed by atoms with Gasteiger partial charge in [-0.25, -0.2) is 0 Å². The molecule has 1 aliphatic heterocycles. The fraction of sp³-hybridized carbons (Fsp3) is 0.429. The number of nitrogens with zero attached hydrogens (tertiary/aromatic N) is 3. The minimum absolute atomic E-state index is 0.0634. The maximum Gasteiger partial charge on any atom is 0.238 e. The van der Waals surface area contributed by atoms with Crippen LogP contribution in [0.4, 0.5) is 5.69 Å². The molecule has 0 atom stereocenters. The lowest BCUT2D eigenvalue weighted by Crippen LogP contribution is -2.48. The summed E-state index contributed by atoms with van der Waals surface area (Å²) in [6.45, 7) is 11.3. The lowest BCUT2D eigenvalue weighted by Gasteiger charge is -2.34. The van der Waals surface area contributed by atoms with Gasteiger partial charge >= 0.3 is 0 Å². The van der Waals surface area contributed by atoms with Gasteiger partial charge in [0.1, 0.15) is 0 Å². The monoisotopic (exact) mass is 352 g/mol. The first-order chi connectivity index (χ1) is 12.5. The Labute approximate surface area is 156 Å². The van der Waals surface area contributed by atoms with Crippen molar-refractivity contribution in [2.75, 3.05) is 38.0 Å². The summed E-state index contributed by atoms with van der Waals surface area (Å²) in [6, 6.07) is 10.2. The molecule has 0 bridgehead atoms. The van der Waals surface area contributed by atoms with E-state index in [0.29, 0.717) is 6.54 Å². The van der Waals surface area contributed by atoms with Gasteiger partial charge in [-0.3, -0.25) is 19.6 Å². The first-order valence-electron chi connectivity index (χ1n) is 9.23. The number of aromatic nitrogens is 1. The molecule has 0 radical (unpaired) electrons. The Bertz CT molecular complexity index is 766. The number of carbonyl (C=O) groups is 1. The Morgan fingerprint density at radius 2 is 1.81 bits per heavy atom. The van der Waals surface area contributed by atoms with E-state index >= 15 is 0 Å². The molecule has 3 rings (SSSR count). The van der Waals surface area contributed by atoms with Gasteiger partial charge in [0.2, 0.25) is 5.91 Å². The van der Waals surface area contributed by atoms with E-state index in [9.17, 15) is 4.79 Å². The molecular formula is C21H28N4O. The summed E-state index contributed by atoms with van der Waals surface area (Å²) in [7, 11) is 0. The van der Waals surface area contributed by atoms with Gasteiger partial charge in [-0.2, -0.15) is 0 Å². The molecule has 1 saturated heterocycles. The van der Waals surface area contributed by atoms with Crippen LogP contribution in [0.2, 0.25) is 0 Å².